The molecule has 0 aliphatic carbocycles. The summed E-state index contributed by atoms with van der Waals surface area (Å²) in [5.74, 6) is 0.238. The summed E-state index contributed by atoms with van der Waals surface area (Å²) in [6, 6.07) is 6.86. The Bertz CT molecular complexity index is 321. The monoisotopic (exact) mass is 193 g/mol. The minimum atomic E-state index is -0.00712. The highest BCUT2D eigenvalue weighted by Gasteiger charge is 2.05. The first-order valence-corrected chi connectivity index (χ1v) is 4.65. The number of carbonyl (C=O) groups excluding carboxylic acids is 1. The van der Waals surface area contributed by atoms with Crippen LogP contribution in [-0.4, -0.2) is 11.0 Å². The summed E-state index contributed by atoms with van der Waals surface area (Å²) in [6.07, 6.45) is 0. The molecule has 0 heterocycles. The Kier molecular flexibility index (Phi) is 3.51. The van der Waals surface area contributed by atoms with E-state index in [1.807, 2.05) is 19.9 Å². The second-order valence-corrected chi connectivity index (χ2v) is 3.54. The van der Waals surface area contributed by atoms with Crippen LogP contribution in [0.3, 0.4) is 0 Å². The molecule has 3 nitrogen and oxygen atoms in total. The van der Waals surface area contributed by atoms with Crippen molar-refractivity contribution in [2.24, 2.45) is 5.92 Å². The number of benzene rings is 1. The molecule has 1 aromatic carbocycles. The first kappa shape index (κ1) is 10.6. The van der Waals surface area contributed by atoms with Crippen LogP contribution in [-0.2, 0) is 11.3 Å². The van der Waals surface area contributed by atoms with Crippen LogP contribution in [0.4, 0.5) is 0 Å². The van der Waals surface area contributed by atoms with Crippen LogP contribution in [0.2, 0.25) is 0 Å². The van der Waals surface area contributed by atoms with Gasteiger partial charge < -0.3 is 10.4 Å². The fourth-order valence-corrected chi connectivity index (χ4v) is 1.06. The molecule has 0 radical (unpaired) electrons. The van der Waals surface area contributed by atoms with Crippen molar-refractivity contribution in [2.45, 2.75) is 20.4 Å². The van der Waals surface area contributed by atoms with Crippen molar-refractivity contribution in [3.8, 4) is 5.75 Å². The van der Waals surface area contributed by atoms with Gasteiger partial charge in [0.15, 0.2) is 0 Å². The first-order valence-electron chi connectivity index (χ1n) is 4.65. The van der Waals surface area contributed by atoms with Crippen molar-refractivity contribution in [2.75, 3.05) is 0 Å². The third-order valence-corrected chi connectivity index (χ3v) is 1.90. The molecule has 0 spiro atoms. The molecule has 1 aromatic rings. The average Bonchev–Trinajstić information content (AvgIpc) is 2.14. The molecule has 76 valence electrons. The Balaban J connectivity index is 2.50. The first-order chi connectivity index (χ1) is 6.59. The van der Waals surface area contributed by atoms with E-state index in [9.17, 15) is 9.90 Å². The Morgan fingerprint density at radius 1 is 1.50 bits per heavy atom. The lowest BCUT2D eigenvalue weighted by molar-refractivity contribution is -0.124. The summed E-state index contributed by atoms with van der Waals surface area (Å²) in [5.41, 5.74) is 0.902. The topological polar surface area (TPSA) is 49.3 Å². The largest absolute Gasteiger partial charge is 0.508 e. The van der Waals surface area contributed by atoms with E-state index in [1.54, 1.807) is 18.2 Å². The second kappa shape index (κ2) is 4.65. The fraction of sp³-hybridized carbons (Fsp3) is 0.364. The second-order valence-electron chi connectivity index (χ2n) is 3.54. The molecule has 0 saturated heterocycles. The molecule has 1 rings (SSSR count). The van der Waals surface area contributed by atoms with E-state index in [1.165, 1.54) is 0 Å². The van der Waals surface area contributed by atoms with Gasteiger partial charge in [0, 0.05) is 12.5 Å². The highest BCUT2D eigenvalue weighted by atomic mass is 16.3. The zero-order chi connectivity index (χ0) is 10.6. The van der Waals surface area contributed by atoms with Gasteiger partial charge in [-0.05, 0) is 17.7 Å². The summed E-state index contributed by atoms with van der Waals surface area (Å²) < 4.78 is 0. The van der Waals surface area contributed by atoms with E-state index in [2.05, 4.69) is 5.32 Å². The zero-order valence-corrected chi connectivity index (χ0v) is 8.45. The summed E-state index contributed by atoms with van der Waals surface area (Å²) in [6.45, 7) is 4.15. The number of rotatable bonds is 3. The molecular weight excluding hydrogens is 178 g/mol. The molecule has 0 unspecified atom stereocenters. The third-order valence-electron chi connectivity index (χ3n) is 1.90. The molecule has 0 aliphatic rings. The van der Waals surface area contributed by atoms with Crippen LogP contribution < -0.4 is 5.32 Å². The number of phenolic OH excluding ortho intramolecular Hbond substituents is 1. The molecule has 0 fully saturated rings. The van der Waals surface area contributed by atoms with Crippen LogP contribution in [0.15, 0.2) is 24.3 Å². The zero-order valence-electron chi connectivity index (χ0n) is 8.45. The summed E-state index contributed by atoms with van der Waals surface area (Å²) in [7, 11) is 0. The number of amides is 1. The Hall–Kier alpha value is -1.51. The van der Waals surface area contributed by atoms with Gasteiger partial charge in [-0.2, -0.15) is 0 Å². The van der Waals surface area contributed by atoms with Gasteiger partial charge in [0.25, 0.3) is 0 Å². The molecule has 0 aromatic heterocycles. The number of hydrogen-bond acceptors (Lipinski definition) is 2. The van der Waals surface area contributed by atoms with Crippen molar-refractivity contribution in [1.82, 2.24) is 5.32 Å². The van der Waals surface area contributed by atoms with Gasteiger partial charge >= 0.3 is 0 Å². The number of phenols is 1. The maximum absolute atomic E-state index is 11.2. The lowest BCUT2D eigenvalue weighted by atomic mass is 10.2. The van der Waals surface area contributed by atoms with Crippen molar-refractivity contribution < 1.29 is 9.90 Å². The third kappa shape index (κ3) is 3.09. The Morgan fingerprint density at radius 3 is 2.79 bits per heavy atom. The van der Waals surface area contributed by atoms with Crippen LogP contribution in [0.1, 0.15) is 19.4 Å². The van der Waals surface area contributed by atoms with Crippen LogP contribution in [0.25, 0.3) is 0 Å². The number of nitrogens with one attached hydrogen (secondary N) is 1. The summed E-state index contributed by atoms with van der Waals surface area (Å²) in [5, 5.41) is 12.0. The normalized spacial score (nSPS) is 10.2. The predicted octanol–water partition coefficient (Wildman–Crippen LogP) is 1.66. The van der Waals surface area contributed by atoms with Crippen LogP contribution in [0, 0.1) is 5.92 Å². The van der Waals surface area contributed by atoms with Gasteiger partial charge in [0.1, 0.15) is 5.75 Å². The van der Waals surface area contributed by atoms with Crippen LogP contribution in [0.5, 0.6) is 5.75 Å². The quantitative estimate of drug-likeness (QED) is 0.767. The molecule has 3 heteroatoms. The Morgan fingerprint density at radius 2 is 2.21 bits per heavy atom. The average molecular weight is 193 g/mol. The predicted molar refractivity (Wildman–Crippen MR) is 54.8 cm³/mol. The van der Waals surface area contributed by atoms with Crippen molar-refractivity contribution >= 4 is 5.91 Å². The smallest absolute Gasteiger partial charge is 0.222 e. The van der Waals surface area contributed by atoms with Gasteiger partial charge in [0.2, 0.25) is 5.91 Å². The van der Waals surface area contributed by atoms with E-state index >= 15 is 0 Å². The molecule has 2 N–H and O–H groups in total. The lowest BCUT2D eigenvalue weighted by Crippen LogP contribution is -2.26. The van der Waals surface area contributed by atoms with E-state index in [-0.39, 0.29) is 17.6 Å². The van der Waals surface area contributed by atoms with E-state index in [4.69, 9.17) is 0 Å². The van der Waals surface area contributed by atoms with E-state index in [0.29, 0.717) is 6.54 Å². The van der Waals surface area contributed by atoms with Gasteiger partial charge in [-0.1, -0.05) is 26.0 Å². The maximum Gasteiger partial charge on any atom is 0.222 e. The molecule has 0 saturated carbocycles. The Labute approximate surface area is 83.8 Å². The molecule has 0 atom stereocenters. The summed E-state index contributed by atoms with van der Waals surface area (Å²) in [4.78, 5) is 11.2. The van der Waals surface area contributed by atoms with E-state index < -0.39 is 0 Å². The lowest BCUT2D eigenvalue weighted by Gasteiger charge is -2.07. The van der Waals surface area contributed by atoms with Crippen molar-refractivity contribution in [3.05, 3.63) is 29.8 Å². The molecule has 0 aliphatic heterocycles. The molecule has 0 bridgehead atoms. The van der Waals surface area contributed by atoms with E-state index in [0.717, 1.165) is 5.56 Å². The van der Waals surface area contributed by atoms with Gasteiger partial charge in [0.05, 0.1) is 0 Å². The standard InChI is InChI=1S/C11H15NO2/c1-8(2)11(14)12-7-9-4-3-5-10(13)6-9/h3-6,8,13H,7H2,1-2H3,(H,12,14). The number of aromatic hydroxyl groups is 1. The van der Waals surface area contributed by atoms with Crippen molar-refractivity contribution in [3.63, 3.8) is 0 Å². The number of carbonyl (C=O) groups is 1. The highest BCUT2D eigenvalue weighted by molar-refractivity contribution is 5.77. The van der Waals surface area contributed by atoms with Crippen LogP contribution >= 0.6 is 0 Å². The highest BCUT2D eigenvalue weighted by Crippen LogP contribution is 2.10. The summed E-state index contributed by atoms with van der Waals surface area (Å²) >= 11 is 0. The van der Waals surface area contributed by atoms with Gasteiger partial charge in [-0.15, -0.1) is 0 Å². The van der Waals surface area contributed by atoms with Crippen molar-refractivity contribution in [1.29, 1.82) is 0 Å². The molecular formula is C11H15NO2. The van der Waals surface area contributed by atoms with Gasteiger partial charge in [-0.25, -0.2) is 0 Å². The minimum absolute atomic E-state index is 0.00712. The maximum atomic E-state index is 11.2. The molecule has 14 heavy (non-hydrogen) atoms. The number of hydrogen-bond donors (Lipinski definition) is 2. The SMILES string of the molecule is CC(C)C(=O)NCc1cccc(O)c1. The minimum Gasteiger partial charge on any atom is -0.508 e. The van der Waals surface area contributed by atoms with Gasteiger partial charge in [-0.3, -0.25) is 4.79 Å². The fourth-order valence-electron chi connectivity index (χ4n) is 1.06. The molecule has 1 amide bonds.